The van der Waals surface area contributed by atoms with Crippen LogP contribution in [0.25, 0.3) is 0 Å². The maximum Gasteiger partial charge on any atom is 0.271 e. The molecule has 0 amide bonds. The number of aromatic hydroxyl groups is 1. The summed E-state index contributed by atoms with van der Waals surface area (Å²) in [5.74, 6) is 0.169. The minimum absolute atomic E-state index is 0.0357. The van der Waals surface area contributed by atoms with Crippen molar-refractivity contribution in [3.05, 3.63) is 82.9 Å². The second-order valence-electron chi connectivity index (χ2n) is 5.21. The first kappa shape index (κ1) is 16.9. The highest BCUT2D eigenvalue weighted by atomic mass is 16.6. The highest BCUT2D eigenvalue weighted by Gasteiger charge is 2.04. The molecule has 0 heterocycles. The standard InChI is InChI=1S/C18H13N5O3/c24-18-10-8-15(9-11-18)20-19-13-4-6-14(7-5-13)21-22-16-2-1-3-17(12-16)23(25)26/h1-12,24H. The normalized spacial score (nSPS) is 11.2. The smallest absolute Gasteiger partial charge is 0.271 e. The summed E-state index contributed by atoms with van der Waals surface area (Å²) in [6, 6.07) is 19.2. The Morgan fingerprint density at radius 2 is 1.15 bits per heavy atom. The van der Waals surface area contributed by atoms with Crippen LogP contribution >= 0.6 is 0 Å². The van der Waals surface area contributed by atoms with Crippen LogP contribution in [0.2, 0.25) is 0 Å². The Bertz CT molecular complexity index is 967. The topological polar surface area (TPSA) is 113 Å². The quantitative estimate of drug-likeness (QED) is 0.340. The number of non-ortho nitro benzene ring substituents is 1. The van der Waals surface area contributed by atoms with Gasteiger partial charge >= 0.3 is 0 Å². The first-order chi connectivity index (χ1) is 12.6. The summed E-state index contributed by atoms with van der Waals surface area (Å²) >= 11 is 0. The average Bonchev–Trinajstić information content (AvgIpc) is 2.67. The molecule has 0 saturated carbocycles. The number of nitro benzene ring substituents is 1. The van der Waals surface area contributed by atoms with Crippen LogP contribution in [0.1, 0.15) is 0 Å². The maximum absolute atomic E-state index is 10.7. The third kappa shape index (κ3) is 4.54. The zero-order valence-corrected chi connectivity index (χ0v) is 13.4. The summed E-state index contributed by atoms with van der Waals surface area (Å²) in [4.78, 5) is 10.3. The summed E-state index contributed by atoms with van der Waals surface area (Å²) in [5.41, 5.74) is 2.20. The summed E-state index contributed by atoms with van der Waals surface area (Å²) in [6.07, 6.45) is 0. The van der Waals surface area contributed by atoms with E-state index in [2.05, 4.69) is 20.5 Å². The number of benzene rings is 3. The third-order valence-electron chi connectivity index (χ3n) is 3.30. The molecular formula is C18H13N5O3. The Hall–Kier alpha value is -3.94. The van der Waals surface area contributed by atoms with E-state index in [0.29, 0.717) is 22.7 Å². The molecule has 3 aromatic carbocycles. The van der Waals surface area contributed by atoms with Gasteiger partial charge in [-0.1, -0.05) is 6.07 Å². The molecule has 0 atom stereocenters. The Morgan fingerprint density at radius 1 is 0.692 bits per heavy atom. The number of phenolic OH excluding ortho intramolecular Hbond substituents is 1. The van der Waals surface area contributed by atoms with Crippen molar-refractivity contribution in [2.24, 2.45) is 20.5 Å². The lowest BCUT2D eigenvalue weighted by Gasteiger charge is -1.96. The molecule has 0 unspecified atom stereocenters. The first-order valence-electron chi connectivity index (χ1n) is 7.57. The minimum atomic E-state index is -0.479. The van der Waals surface area contributed by atoms with Gasteiger partial charge in [0.2, 0.25) is 0 Å². The maximum atomic E-state index is 10.7. The molecule has 0 aromatic heterocycles. The minimum Gasteiger partial charge on any atom is -0.508 e. The van der Waals surface area contributed by atoms with Gasteiger partial charge in [0.1, 0.15) is 5.75 Å². The van der Waals surface area contributed by atoms with Gasteiger partial charge in [-0.2, -0.15) is 20.5 Å². The zero-order chi connectivity index (χ0) is 18.4. The highest BCUT2D eigenvalue weighted by molar-refractivity contribution is 5.50. The van der Waals surface area contributed by atoms with Gasteiger partial charge in [0.05, 0.1) is 27.7 Å². The monoisotopic (exact) mass is 347 g/mol. The second kappa shape index (κ2) is 7.75. The van der Waals surface area contributed by atoms with Crippen molar-refractivity contribution in [3.63, 3.8) is 0 Å². The van der Waals surface area contributed by atoms with Crippen molar-refractivity contribution in [2.75, 3.05) is 0 Å². The lowest BCUT2D eigenvalue weighted by Crippen LogP contribution is -1.85. The van der Waals surface area contributed by atoms with Gasteiger partial charge in [-0.25, -0.2) is 0 Å². The van der Waals surface area contributed by atoms with Crippen LogP contribution in [0, 0.1) is 10.1 Å². The summed E-state index contributed by atoms with van der Waals surface area (Å²) < 4.78 is 0. The molecule has 8 heteroatoms. The van der Waals surface area contributed by atoms with E-state index >= 15 is 0 Å². The Kier molecular flexibility index (Phi) is 5.04. The summed E-state index contributed by atoms with van der Waals surface area (Å²) in [7, 11) is 0. The molecule has 0 aliphatic carbocycles. The van der Waals surface area contributed by atoms with Crippen LogP contribution in [0.15, 0.2) is 93.3 Å². The lowest BCUT2D eigenvalue weighted by atomic mass is 10.3. The number of hydrogen-bond acceptors (Lipinski definition) is 7. The van der Waals surface area contributed by atoms with Gasteiger partial charge in [0, 0.05) is 12.1 Å². The summed E-state index contributed by atoms with van der Waals surface area (Å²) in [6.45, 7) is 0. The van der Waals surface area contributed by atoms with Crippen molar-refractivity contribution >= 4 is 28.4 Å². The number of azo groups is 2. The largest absolute Gasteiger partial charge is 0.508 e. The van der Waals surface area contributed by atoms with Crippen molar-refractivity contribution in [3.8, 4) is 5.75 Å². The van der Waals surface area contributed by atoms with E-state index in [0.717, 1.165) is 0 Å². The molecule has 3 rings (SSSR count). The van der Waals surface area contributed by atoms with Gasteiger partial charge in [-0.05, 0) is 54.6 Å². The number of rotatable bonds is 5. The van der Waals surface area contributed by atoms with Gasteiger partial charge in [-0.15, -0.1) is 0 Å². The molecular weight excluding hydrogens is 334 g/mol. The predicted octanol–water partition coefficient (Wildman–Crippen LogP) is 6.13. The van der Waals surface area contributed by atoms with Crippen LogP contribution in [0.4, 0.5) is 28.4 Å². The molecule has 0 saturated heterocycles. The van der Waals surface area contributed by atoms with E-state index in [4.69, 9.17) is 0 Å². The second-order valence-corrected chi connectivity index (χ2v) is 5.21. The fraction of sp³-hybridized carbons (Fsp3) is 0. The lowest BCUT2D eigenvalue weighted by molar-refractivity contribution is -0.384. The van der Waals surface area contributed by atoms with Crippen LogP contribution in [-0.4, -0.2) is 10.0 Å². The Balaban J connectivity index is 1.68. The van der Waals surface area contributed by atoms with Crippen LogP contribution < -0.4 is 0 Å². The molecule has 8 nitrogen and oxygen atoms in total. The molecule has 0 fully saturated rings. The average molecular weight is 347 g/mol. The summed E-state index contributed by atoms with van der Waals surface area (Å²) in [5, 5.41) is 36.2. The number of hydrogen-bond donors (Lipinski definition) is 1. The molecule has 26 heavy (non-hydrogen) atoms. The molecule has 0 spiro atoms. The molecule has 0 radical (unpaired) electrons. The SMILES string of the molecule is O=[N+]([O-])c1cccc(N=Nc2ccc(N=Nc3ccc(O)cc3)cc2)c1. The van der Waals surface area contributed by atoms with Crippen LogP contribution in [0.5, 0.6) is 5.75 Å². The zero-order valence-electron chi connectivity index (χ0n) is 13.4. The van der Waals surface area contributed by atoms with E-state index in [-0.39, 0.29) is 11.4 Å². The Labute approximate surface area is 148 Å². The molecule has 0 aliphatic heterocycles. The van der Waals surface area contributed by atoms with Crippen molar-refractivity contribution in [2.45, 2.75) is 0 Å². The number of nitro groups is 1. The molecule has 3 aromatic rings. The fourth-order valence-corrected chi connectivity index (χ4v) is 2.00. The van der Waals surface area contributed by atoms with Crippen LogP contribution in [-0.2, 0) is 0 Å². The third-order valence-corrected chi connectivity index (χ3v) is 3.30. The van der Waals surface area contributed by atoms with Gasteiger partial charge < -0.3 is 5.11 Å². The van der Waals surface area contributed by atoms with Crippen molar-refractivity contribution < 1.29 is 10.0 Å². The van der Waals surface area contributed by atoms with E-state index in [1.165, 1.54) is 24.3 Å². The van der Waals surface area contributed by atoms with E-state index < -0.39 is 4.92 Å². The molecule has 1 N–H and O–H groups in total. The van der Waals surface area contributed by atoms with Crippen LogP contribution in [0.3, 0.4) is 0 Å². The fourth-order valence-electron chi connectivity index (χ4n) is 2.00. The van der Waals surface area contributed by atoms with E-state index in [1.807, 2.05) is 0 Å². The molecule has 128 valence electrons. The van der Waals surface area contributed by atoms with Crippen molar-refractivity contribution in [1.29, 1.82) is 0 Å². The van der Waals surface area contributed by atoms with E-state index in [1.54, 1.807) is 48.5 Å². The Morgan fingerprint density at radius 3 is 1.65 bits per heavy atom. The number of phenols is 1. The predicted molar refractivity (Wildman–Crippen MR) is 96.0 cm³/mol. The van der Waals surface area contributed by atoms with Gasteiger partial charge in [0.25, 0.3) is 5.69 Å². The first-order valence-corrected chi connectivity index (χ1v) is 7.57. The molecule has 0 aliphatic rings. The van der Waals surface area contributed by atoms with Crippen molar-refractivity contribution in [1.82, 2.24) is 0 Å². The number of nitrogens with zero attached hydrogens (tertiary/aromatic N) is 5. The van der Waals surface area contributed by atoms with E-state index in [9.17, 15) is 15.2 Å². The van der Waals surface area contributed by atoms with Gasteiger partial charge in [0.15, 0.2) is 0 Å². The van der Waals surface area contributed by atoms with Gasteiger partial charge in [-0.3, -0.25) is 10.1 Å². The highest BCUT2D eigenvalue weighted by Crippen LogP contribution is 2.25. The molecule has 0 bridgehead atoms.